The Balaban J connectivity index is 1.79. The van der Waals surface area contributed by atoms with Crippen LogP contribution in [0.4, 0.5) is 0 Å². The number of aromatic nitrogens is 4. The third kappa shape index (κ3) is 2.46. The molecule has 2 N–H and O–H groups in total. The summed E-state index contributed by atoms with van der Waals surface area (Å²) in [4.78, 5) is 7.68. The number of allylic oxidation sites excluding steroid dienone is 1. The quantitative estimate of drug-likeness (QED) is 0.561. The Morgan fingerprint density at radius 2 is 1.83 bits per heavy atom. The predicted octanol–water partition coefficient (Wildman–Crippen LogP) is 4.02. The number of nitriles is 1. The van der Waals surface area contributed by atoms with E-state index in [0.29, 0.717) is 11.4 Å². The van der Waals surface area contributed by atoms with E-state index in [2.05, 4.69) is 26.2 Å². The first kappa shape index (κ1) is 14.0. The molecular formula is C19H13N5. The summed E-state index contributed by atoms with van der Waals surface area (Å²) in [5.41, 5.74) is 4.94. The van der Waals surface area contributed by atoms with E-state index >= 15 is 0 Å². The number of fused-ring (bicyclic) bond motifs is 1. The number of aromatic amines is 2. The second kappa shape index (κ2) is 5.86. The monoisotopic (exact) mass is 311 g/mol. The lowest BCUT2D eigenvalue weighted by Gasteiger charge is -2.00. The van der Waals surface area contributed by atoms with Crippen molar-refractivity contribution in [3.63, 3.8) is 0 Å². The Hall–Kier alpha value is -3.65. The molecule has 114 valence electrons. The first-order valence-corrected chi connectivity index (χ1v) is 7.51. The zero-order valence-corrected chi connectivity index (χ0v) is 12.7. The molecular weight excluding hydrogens is 298 g/mol. The highest BCUT2D eigenvalue weighted by molar-refractivity contribution is 5.92. The summed E-state index contributed by atoms with van der Waals surface area (Å²) in [6.45, 7) is 0. The van der Waals surface area contributed by atoms with Gasteiger partial charge in [-0.25, -0.2) is 4.98 Å². The van der Waals surface area contributed by atoms with E-state index in [1.807, 2.05) is 54.6 Å². The van der Waals surface area contributed by atoms with Crippen molar-refractivity contribution in [3.05, 3.63) is 72.2 Å². The molecule has 0 spiro atoms. The number of hydrogen-bond donors (Lipinski definition) is 2. The van der Waals surface area contributed by atoms with Gasteiger partial charge in [-0.2, -0.15) is 10.4 Å². The lowest BCUT2D eigenvalue weighted by Crippen LogP contribution is -1.86. The highest BCUT2D eigenvalue weighted by Gasteiger charge is 2.11. The summed E-state index contributed by atoms with van der Waals surface area (Å²) in [5, 5.41) is 16.7. The molecule has 4 rings (SSSR count). The lowest BCUT2D eigenvalue weighted by molar-refractivity contribution is 1.10. The van der Waals surface area contributed by atoms with Gasteiger partial charge in [0.1, 0.15) is 11.9 Å². The molecule has 5 nitrogen and oxygen atoms in total. The Labute approximate surface area is 138 Å². The van der Waals surface area contributed by atoms with E-state index in [9.17, 15) is 5.26 Å². The van der Waals surface area contributed by atoms with Crippen LogP contribution in [0.1, 0.15) is 11.4 Å². The molecule has 0 radical (unpaired) electrons. The Morgan fingerprint density at radius 1 is 1.04 bits per heavy atom. The zero-order chi connectivity index (χ0) is 16.4. The van der Waals surface area contributed by atoms with E-state index in [4.69, 9.17) is 0 Å². The maximum Gasteiger partial charge on any atom is 0.149 e. The minimum atomic E-state index is 0.463. The van der Waals surface area contributed by atoms with Gasteiger partial charge in [0.25, 0.3) is 0 Å². The molecule has 0 fully saturated rings. The molecule has 0 unspecified atom stereocenters. The summed E-state index contributed by atoms with van der Waals surface area (Å²) < 4.78 is 0. The second-order valence-electron chi connectivity index (χ2n) is 5.34. The van der Waals surface area contributed by atoms with E-state index in [-0.39, 0.29) is 0 Å². The van der Waals surface area contributed by atoms with Crippen LogP contribution in [0.3, 0.4) is 0 Å². The fraction of sp³-hybridized carbons (Fsp3) is 0. The number of benzene rings is 2. The zero-order valence-electron chi connectivity index (χ0n) is 12.7. The van der Waals surface area contributed by atoms with Gasteiger partial charge in [-0.15, -0.1) is 0 Å². The van der Waals surface area contributed by atoms with Crippen LogP contribution < -0.4 is 0 Å². The van der Waals surface area contributed by atoms with Crippen LogP contribution >= 0.6 is 0 Å². The number of imidazole rings is 1. The molecule has 2 aromatic heterocycles. The van der Waals surface area contributed by atoms with Gasteiger partial charge in [-0.05, 0) is 18.2 Å². The van der Waals surface area contributed by atoms with Gasteiger partial charge < -0.3 is 4.98 Å². The van der Waals surface area contributed by atoms with Crippen molar-refractivity contribution in [1.82, 2.24) is 20.2 Å². The third-order valence-electron chi connectivity index (χ3n) is 3.80. The maximum absolute atomic E-state index is 9.56. The van der Waals surface area contributed by atoms with Gasteiger partial charge in [0.2, 0.25) is 0 Å². The largest absolute Gasteiger partial charge is 0.337 e. The van der Waals surface area contributed by atoms with Crippen molar-refractivity contribution in [2.45, 2.75) is 0 Å². The second-order valence-corrected chi connectivity index (χ2v) is 5.34. The molecule has 0 saturated heterocycles. The Kier molecular flexibility index (Phi) is 3.41. The molecule has 0 atom stereocenters. The Bertz CT molecular complexity index is 1030. The van der Waals surface area contributed by atoms with Crippen LogP contribution in [0.2, 0.25) is 0 Å². The van der Waals surface area contributed by atoms with Crippen molar-refractivity contribution in [2.75, 3.05) is 0 Å². The number of H-pyrrole nitrogens is 2. The fourth-order valence-corrected chi connectivity index (χ4v) is 2.63. The Morgan fingerprint density at radius 3 is 2.62 bits per heavy atom. The van der Waals surface area contributed by atoms with Crippen molar-refractivity contribution in [3.8, 4) is 17.3 Å². The normalized spacial score (nSPS) is 11.5. The summed E-state index contributed by atoms with van der Waals surface area (Å²) in [6.07, 6.45) is 3.51. The number of nitrogens with zero attached hydrogens (tertiary/aromatic N) is 3. The molecule has 0 saturated carbocycles. The number of hydrogen-bond acceptors (Lipinski definition) is 3. The molecule has 4 aromatic rings. The van der Waals surface area contributed by atoms with Gasteiger partial charge in [-0.1, -0.05) is 42.5 Å². The molecule has 0 aliphatic rings. The highest BCUT2D eigenvalue weighted by atomic mass is 15.1. The van der Waals surface area contributed by atoms with Crippen LogP contribution in [-0.4, -0.2) is 20.2 Å². The molecule has 2 heterocycles. The summed E-state index contributed by atoms with van der Waals surface area (Å²) in [5.74, 6) is 0.555. The van der Waals surface area contributed by atoms with E-state index in [0.717, 1.165) is 27.9 Å². The summed E-state index contributed by atoms with van der Waals surface area (Å²) in [6, 6.07) is 19.8. The van der Waals surface area contributed by atoms with Crippen LogP contribution in [0.25, 0.3) is 33.9 Å². The average Bonchev–Trinajstić information content (AvgIpc) is 3.26. The first-order valence-electron chi connectivity index (χ1n) is 7.51. The average molecular weight is 311 g/mol. The molecule has 24 heavy (non-hydrogen) atoms. The summed E-state index contributed by atoms with van der Waals surface area (Å²) >= 11 is 0. The highest BCUT2D eigenvalue weighted by Crippen LogP contribution is 2.25. The third-order valence-corrected chi connectivity index (χ3v) is 3.80. The van der Waals surface area contributed by atoms with E-state index in [1.165, 1.54) is 0 Å². The van der Waals surface area contributed by atoms with Gasteiger partial charge >= 0.3 is 0 Å². The SMILES string of the molecule is N#C/C(=C\c1cn[nH]c1-c1ccccc1)c1nc2ccccc2[nH]1. The van der Waals surface area contributed by atoms with Crippen LogP contribution in [0.15, 0.2) is 60.8 Å². The van der Waals surface area contributed by atoms with Crippen LogP contribution in [-0.2, 0) is 0 Å². The number of nitrogens with one attached hydrogen (secondary N) is 2. The first-order chi connectivity index (χ1) is 11.8. The smallest absolute Gasteiger partial charge is 0.149 e. The molecule has 2 aromatic carbocycles. The van der Waals surface area contributed by atoms with Crippen molar-refractivity contribution >= 4 is 22.7 Å². The molecule has 0 bridgehead atoms. The lowest BCUT2D eigenvalue weighted by atomic mass is 10.1. The minimum absolute atomic E-state index is 0.463. The van der Waals surface area contributed by atoms with Crippen molar-refractivity contribution in [1.29, 1.82) is 5.26 Å². The number of para-hydroxylation sites is 2. The maximum atomic E-state index is 9.56. The fourth-order valence-electron chi connectivity index (χ4n) is 2.63. The van der Waals surface area contributed by atoms with E-state index in [1.54, 1.807) is 12.3 Å². The summed E-state index contributed by atoms with van der Waals surface area (Å²) in [7, 11) is 0. The molecule has 0 aliphatic carbocycles. The van der Waals surface area contributed by atoms with E-state index < -0.39 is 0 Å². The minimum Gasteiger partial charge on any atom is -0.337 e. The van der Waals surface area contributed by atoms with Gasteiger partial charge in [0, 0.05) is 11.1 Å². The molecule has 0 amide bonds. The standard InChI is InChI=1S/C19H13N5/c20-11-14(19-22-16-8-4-5-9-17(16)23-19)10-15-12-21-24-18(15)13-6-2-1-3-7-13/h1-10,12H,(H,21,24)(H,22,23)/b14-10+. The van der Waals surface area contributed by atoms with Crippen molar-refractivity contribution < 1.29 is 0 Å². The predicted molar refractivity (Wildman–Crippen MR) is 93.6 cm³/mol. The van der Waals surface area contributed by atoms with Crippen LogP contribution in [0.5, 0.6) is 0 Å². The van der Waals surface area contributed by atoms with Gasteiger partial charge in [-0.3, -0.25) is 5.10 Å². The van der Waals surface area contributed by atoms with Gasteiger partial charge in [0.15, 0.2) is 0 Å². The topological polar surface area (TPSA) is 81.2 Å². The van der Waals surface area contributed by atoms with Gasteiger partial charge in [0.05, 0.1) is 28.5 Å². The van der Waals surface area contributed by atoms with Crippen LogP contribution in [0, 0.1) is 11.3 Å². The molecule has 0 aliphatic heterocycles. The molecule has 5 heteroatoms. The van der Waals surface area contributed by atoms with Crippen molar-refractivity contribution in [2.24, 2.45) is 0 Å². The number of rotatable bonds is 3.